The van der Waals surface area contributed by atoms with Crippen LogP contribution in [0.1, 0.15) is 33.0 Å². The zero-order chi connectivity index (χ0) is 18.2. The summed E-state index contributed by atoms with van der Waals surface area (Å²) in [6, 6.07) is 6.67. The molecule has 2 heterocycles. The molecule has 2 aromatic rings. The average molecular weight is 342 g/mol. The van der Waals surface area contributed by atoms with E-state index in [2.05, 4.69) is 15.3 Å². The largest absolute Gasteiger partial charge is 0.325 e. The Morgan fingerprint density at radius 2 is 1.92 bits per heavy atom. The van der Waals surface area contributed by atoms with E-state index in [1.165, 1.54) is 4.90 Å². The van der Waals surface area contributed by atoms with Crippen LogP contribution in [0.5, 0.6) is 0 Å². The SMILES string of the molecule is CC(C)C[C@]1(C)NC(=O)N(CCc2nc3ccccc3c(=O)[nH]2)C1=O. The lowest BCUT2D eigenvalue weighted by Crippen LogP contribution is -2.45. The van der Waals surface area contributed by atoms with Crippen molar-refractivity contribution in [2.45, 2.75) is 39.2 Å². The zero-order valence-electron chi connectivity index (χ0n) is 14.6. The molecule has 1 aromatic heterocycles. The van der Waals surface area contributed by atoms with E-state index in [0.29, 0.717) is 29.6 Å². The highest BCUT2D eigenvalue weighted by Gasteiger charge is 2.47. The molecule has 25 heavy (non-hydrogen) atoms. The summed E-state index contributed by atoms with van der Waals surface area (Å²) in [6.07, 6.45) is 0.885. The number of carbonyl (C=O) groups is 2. The number of para-hydroxylation sites is 1. The van der Waals surface area contributed by atoms with Crippen molar-refractivity contribution >= 4 is 22.8 Å². The van der Waals surface area contributed by atoms with Crippen LogP contribution < -0.4 is 10.9 Å². The summed E-state index contributed by atoms with van der Waals surface area (Å²) in [6.45, 7) is 5.96. The number of nitrogens with zero attached hydrogens (tertiary/aromatic N) is 2. The van der Waals surface area contributed by atoms with E-state index in [-0.39, 0.29) is 23.9 Å². The van der Waals surface area contributed by atoms with Crippen molar-refractivity contribution < 1.29 is 9.59 Å². The summed E-state index contributed by atoms with van der Waals surface area (Å²) in [7, 11) is 0. The van der Waals surface area contributed by atoms with E-state index in [1.54, 1.807) is 25.1 Å². The first kappa shape index (κ1) is 17.1. The molecule has 132 valence electrons. The monoisotopic (exact) mass is 342 g/mol. The van der Waals surface area contributed by atoms with Crippen LogP contribution in [0.25, 0.3) is 10.9 Å². The molecular weight excluding hydrogens is 320 g/mol. The van der Waals surface area contributed by atoms with Gasteiger partial charge < -0.3 is 10.3 Å². The molecule has 7 nitrogen and oxygen atoms in total. The molecule has 1 atom stereocenters. The van der Waals surface area contributed by atoms with Gasteiger partial charge in [0.25, 0.3) is 11.5 Å². The van der Waals surface area contributed by atoms with E-state index < -0.39 is 11.6 Å². The minimum atomic E-state index is -0.866. The number of imide groups is 1. The molecule has 7 heteroatoms. The van der Waals surface area contributed by atoms with Gasteiger partial charge in [0.1, 0.15) is 11.4 Å². The Bertz CT molecular complexity index is 889. The Balaban J connectivity index is 1.77. The Morgan fingerprint density at radius 3 is 2.64 bits per heavy atom. The Kier molecular flexibility index (Phi) is 4.32. The summed E-state index contributed by atoms with van der Waals surface area (Å²) in [5, 5.41) is 3.30. The van der Waals surface area contributed by atoms with Gasteiger partial charge in [0.05, 0.1) is 10.9 Å². The lowest BCUT2D eigenvalue weighted by molar-refractivity contribution is -0.131. The Morgan fingerprint density at radius 1 is 1.20 bits per heavy atom. The molecule has 0 aliphatic carbocycles. The van der Waals surface area contributed by atoms with Gasteiger partial charge in [-0.1, -0.05) is 26.0 Å². The van der Waals surface area contributed by atoms with Crippen molar-refractivity contribution in [3.63, 3.8) is 0 Å². The van der Waals surface area contributed by atoms with Crippen LogP contribution in [-0.2, 0) is 11.2 Å². The van der Waals surface area contributed by atoms with Crippen molar-refractivity contribution in [2.24, 2.45) is 5.92 Å². The maximum Gasteiger partial charge on any atom is 0.325 e. The number of urea groups is 1. The summed E-state index contributed by atoms with van der Waals surface area (Å²) in [5.74, 6) is 0.517. The molecule has 0 saturated carbocycles. The highest BCUT2D eigenvalue weighted by atomic mass is 16.2. The molecule has 2 N–H and O–H groups in total. The molecule has 1 fully saturated rings. The fourth-order valence-corrected chi connectivity index (χ4v) is 3.38. The predicted octanol–water partition coefficient (Wildman–Crippen LogP) is 1.82. The first-order chi connectivity index (χ1) is 11.8. The smallest absolute Gasteiger partial charge is 0.323 e. The molecule has 0 spiro atoms. The molecule has 0 radical (unpaired) electrons. The topological polar surface area (TPSA) is 95.2 Å². The first-order valence-electron chi connectivity index (χ1n) is 8.42. The highest BCUT2D eigenvalue weighted by molar-refractivity contribution is 6.06. The van der Waals surface area contributed by atoms with Crippen LogP contribution in [0.2, 0.25) is 0 Å². The second-order valence-electron chi connectivity index (χ2n) is 7.10. The fourth-order valence-electron chi connectivity index (χ4n) is 3.38. The van der Waals surface area contributed by atoms with Crippen molar-refractivity contribution in [1.82, 2.24) is 20.2 Å². The zero-order valence-corrected chi connectivity index (χ0v) is 14.6. The molecular formula is C18H22N4O3. The number of carbonyl (C=O) groups excluding carboxylic acids is 2. The van der Waals surface area contributed by atoms with Gasteiger partial charge in [-0.15, -0.1) is 0 Å². The van der Waals surface area contributed by atoms with E-state index in [1.807, 2.05) is 19.9 Å². The number of aromatic amines is 1. The number of hydrogen-bond donors (Lipinski definition) is 2. The minimum Gasteiger partial charge on any atom is -0.323 e. The molecule has 1 aromatic carbocycles. The predicted molar refractivity (Wildman–Crippen MR) is 94.2 cm³/mol. The summed E-state index contributed by atoms with van der Waals surface area (Å²) >= 11 is 0. The third-order valence-electron chi connectivity index (χ3n) is 4.40. The lowest BCUT2D eigenvalue weighted by atomic mass is 9.91. The van der Waals surface area contributed by atoms with E-state index in [9.17, 15) is 14.4 Å². The van der Waals surface area contributed by atoms with Crippen LogP contribution in [0.4, 0.5) is 4.79 Å². The second kappa shape index (κ2) is 6.31. The number of rotatable bonds is 5. The van der Waals surface area contributed by atoms with Gasteiger partial charge >= 0.3 is 6.03 Å². The third-order valence-corrected chi connectivity index (χ3v) is 4.40. The third kappa shape index (κ3) is 3.26. The average Bonchev–Trinajstić information content (AvgIpc) is 2.74. The number of aromatic nitrogens is 2. The Hall–Kier alpha value is -2.70. The van der Waals surface area contributed by atoms with Crippen molar-refractivity contribution in [1.29, 1.82) is 0 Å². The molecule has 0 bridgehead atoms. The number of benzene rings is 1. The van der Waals surface area contributed by atoms with Gasteiger partial charge in [-0.05, 0) is 31.4 Å². The number of amides is 3. The first-order valence-corrected chi connectivity index (χ1v) is 8.42. The van der Waals surface area contributed by atoms with E-state index in [0.717, 1.165) is 0 Å². The van der Waals surface area contributed by atoms with Gasteiger partial charge in [0.2, 0.25) is 0 Å². The normalized spacial score (nSPS) is 20.6. The lowest BCUT2D eigenvalue weighted by Gasteiger charge is -2.23. The number of hydrogen-bond acceptors (Lipinski definition) is 4. The van der Waals surface area contributed by atoms with Crippen LogP contribution >= 0.6 is 0 Å². The van der Waals surface area contributed by atoms with Gasteiger partial charge in [-0.2, -0.15) is 0 Å². The maximum atomic E-state index is 12.6. The van der Waals surface area contributed by atoms with Crippen molar-refractivity contribution in [3.05, 3.63) is 40.4 Å². The van der Waals surface area contributed by atoms with Gasteiger partial charge in [0, 0.05) is 13.0 Å². The molecule has 1 aliphatic rings. The van der Waals surface area contributed by atoms with Crippen LogP contribution in [0.3, 0.4) is 0 Å². The van der Waals surface area contributed by atoms with Gasteiger partial charge in [-0.25, -0.2) is 9.78 Å². The molecule has 0 unspecified atom stereocenters. The quantitative estimate of drug-likeness (QED) is 0.810. The van der Waals surface area contributed by atoms with Crippen molar-refractivity contribution in [3.8, 4) is 0 Å². The Labute approximate surface area is 145 Å². The standard InChI is InChI=1S/C18H22N4O3/c1-11(2)10-18(3)16(24)22(17(25)21-18)9-8-14-19-13-7-5-4-6-12(13)15(23)20-14/h4-7,11H,8-10H2,1-3H3,(H,21,25)(H,19,20,23)/t18-/m0/s1. The fraction of sp³-hybridized carbons (Fsp3) is 0.444. The van der Waals surface area contributed by atoms with Crippen LogP contribution in [-0.4, -0.2) is 38.9 Å². The molecule has 3 rings (SSSR count). The van der Waals surface area contributed by atoms with Crippen LogP contribution in [0, 0.1) is 5.92 Å². The number of nitrogens with one attached hydrogen (secondary N) is 2. The van der Waals surface area contributed by atoms with E-state index in [4.69, 9.17) is 0 Å². The van der Waals surface area contributed by atoms with E-state index >= 15 is 0 Å². The summed E-state index contributed by atoms with van der Waals surface area (Å²) < 4.78 is 0. The number of H-pyrrole nitrogens is 1. The molecule has 1 saturated heterocycles. The number of fused-ring (bicyclic) bond motifs is 1. The van der Waals surface area contributed by atoms with Crippen molar-refractivity contribution in [2.75, 3.05) is 6.54 Å². The van der Waals surface area contributed by atoms with Gasteiger partial charge in [-0.3, -0.25) is 14.5 Å². The molecule has 3 amide bonds. The molecule has 1 aliphatic heterocycles. The summed E-state index contributed by atoms with van der Waals surface area (Å²) in [5.41, 5.74) is -0.485. The highest BCUT2D eigenvalue weighted by Crippen LogP contribution is 2.25. The van der Waals surface area contributed by atoms with Gasteiger partial charge in [0.15, 0.2) is 0 Å². The van der Waals surface area contributed by atoms with Crippen LogP contribution in [0.15, 0.2) is 29.1 Å². The second-order valence-corrected chi connectivity index (χ2v) is 7.10. The maximum absolute atomic E-state index is 12.6. The minimum absolute atomic E-state index is 0.180. The summed E-state index contributed by atoms with van der Waals surface area (Å²) in [4.78, 5) is 45.2.